The van der Waals surface area contributed by atoms with Crippen molar-refractivity contribution < 1.29 is 57.1 Å². The van der Waals surface area contributed by atoms with E-state index < -0.39 is 86.7 Å². The van der Waals surface area contributed by atoms with Crippen LogP contribution in [0.5, 0.6) is 0 Å². The Morgan fingerprint density at radius 1 is 0.926 bits per heavy atom. The zero-order chi connectivity index (χ0) is 50.3. The summed E-state index contributed by atoms with van der Waals surface area (Å²) in [4.78, 5) is 99.6. The molecule has 1 aliphatic heterocycles. The van der Waals surface area contributed by atoms with Gasteiger partial charge in [-0.3, -0.25) is 37.8 Å². The maximum atomic E-state index is 14.0. The van der Waals surface area contributed by atoms with Crippen molar-refractivity contribution in [3.05, 3.63) is 54.1 Å². The van der Waals surface area contributed by atoms with Crippen LogP contribution in [0.4, 0.5) is 0 Å². The summed E-state index contributed by atoms with van der Waals surface area (Å²) in [7, 11) is -4.67. The number of nitrogens with zero attached hydrogens (tertiary/aromatic N) is 2. The number of phosphoric acid groups is 1. The number of aliphatic hydroxyl groups excluding tert-OH is 1. The fraction of sp³-hybridized carbons (Fsp3) is 0.681. The van der Waals surface area contributed by atoms with E-state index in [2.05, 4.69) is 50.3 Å². The third-order valence-corrected chi connectivity index (χ3v) is 12.8. The Kier molecular flexibility index (Phi) is 24.9. The molecule has 20 nitrogen and oxygen atoms in total. The average Bonchev–Trinajstić information content (AvgIpc) is 3.99. The molecule has 7 unspecified atom stereocenters. The summed E-state index contributed by atoms with van der Waals surface area (Å²) in [5.74, 6) is -4.22. The maximum absolute atomic E-state index is 14.0. The number of likely N-dealkylation sites (tertiary alicyclic amines) is 1. The second-order valence-electron chi connectivity index (χ2n) is 18.5. The summed E-state index contributed by atoms with van der Waals surface area (Å²) < 4.78 is 29.3. The van der Waals surface area contributed by atoms with Crippen molar-refractivity contribution in [3.8, 4) is 0 Å². The number of H-pyrrole nitrogens is 1. The molecule has 1 fully saturated rings. The maximum Gasteiger partial charge on any atom is 0.472 e. The molecule has 1 aliphatic rings. The number of carbonyl (C=O) groups excluding carboxylic acids is 6. The van der Waals surface area contributed by atoms with Crippen molar-refractivity contribution >= 4 is 43.3 Å². The third-order valence-electron chi connectivity index (χ3n) is 11.7. The number of nitrogens with two attached hydrogens (primary N) is 1. The van der Waals surface area contributed by atoms with E-state index in [1.165, 1.54) is 23.7 Å². The van der Waals surface area contributed by atoms with Gasteiger partial charge in [0, 0.05) is 24.9 Å². The first kappa shape index (κ1) is 57.6. The highest BCUT2D eigenvalue weighted by atomic mass is 31.2. The lowest BCUT2D eigenvalue weighted by atomic mass is 10.0. The molecule has 3 rings (SSSR count). The molecule has 1 aromatic heterocycles. The van der Waals surface area contributed by atoms with Crippen LogP contribution in [-0.4, -0.2) is 129 Å². The van der Waals surface area contributed by atoms with Gasteiger partial charge in [0.05, 0.1) is 50.3 Å². The fourth-order valence-corrected chi connectivity index (χ4v) is 9.02. The van der Waals surface area contributed by atoms with Gasteiger partial charge in [0.25, 0.3) is 0 Å². The van der Waals surface area contributed by atoms with Crippen molar-refractivity contribution in [1.82, 2.24) is 36.1 Å². The molecule has 9 N–H and O–H groups in total. The topological polar surface area (TPSA) is 294 Å². The number of aryl methyl sites for hydroxylation is 2. The minimum atomic E-state index is -4.67. The monoisotopic (exact) mass is 977 g/mol. The van der Waals surface area contributed by atoms with E-state index in [0.717, 1.165) is 38.5 Å². The van der Waals surface area contributed by atoms with E-state index in [-0.39, 0.29) is 56.3 Å². The standard InChI is InChI=1S/C47H77N8O12P/c1-7-23-47(5,6)65-26-22-42(58)55-24-15-19-40(55)46(62)53-38(27-32(2)3)44(60)51-36(21-20-35-29-49-31-50-35)43(59)54-39(30-56)45(61)52-37(28-41(48)57)33(4)67-68(63,64)66-25-14-9-8-11-16-34-17-12-10-13-18-34/h10,12-13,17-18,29,31-33,36-40,56H,7-9,11,14-16,19-28,30H2,1-6H3,(H2,48,57)(H,49,50)(H,51,60)(H,52,61)(H,53,62)(H,54,59)(H,63,64). The molecular weight excluding hydrogens is 900 g/mol. The smallest absolute Gasteiger partial charge is 0.394 e. The first-order valence-electron chi connectivity index (χ1n) is 23.9. The highest BCUT2D eigenvalue weighted by molar-refractivity contribution is 7.47. The molecule has 0 spiro atoms. The Morgan fingerprint density at radius 3 is 2.25 bits per heavy atom. The lowest BCUT2D eigenvalue weighted by molar-refractivity contribution is -0.141. The number of carbonyl (C=O) groups is 6. The summed E-state index contributed by atoms with van der Waals surface area (Å²) in [6.45, 7) is 10.6. The van der Waals surface area contributed by atoms with Crippen molar-refractivity contribution in [2.24, 2.45) is 11.7 Å². The van der Waals surface area contributed by atoms with Gasteiger partial charge >= 0.3 is 7.82 Å². The van der Waals surface area contributed by atoms with Gasteiger partial charge < -0.3 is 51.6 Å². The molecule has 1 saturated heterocycles. The van der Waals surface area contributed by atoms with Crippen LogP contribution in [0.25, 0.3) is 0 Å². The first-order chi connectivity index (χ1) is 32.2. The summed E-state index contributed by atoms with van der Waals surface area (Å²) in [5, 5.41) is 20.8. The largest absolute Gasteiger partial charge is 0.472 e. The van der Waals surface area contributed by atoms with Crippen LogP contribution in [0, 0.1) is 5.92 Å². The zero-order valence-corrected chi connectivity index (χ0v) is 41.6. The second-order valence-corrected chi connectivity index (χ2v) is 19.9. The number of aromatic nitrogens is 2. The molecule has 68 heavy (non-hydrogen) atoms. The lowest BCUT2D eigenvalue weighted by Gasteiger charge is -2.29. The summed E-state index contributed by atoms with van der Waals surface area (Å²) in [5.41, 5.74) is 6.93. The van der Waals surface area contributed by atoms with E-state index >= 15 is 0 Å². The van der Waals surface area contributed by atoms with Gasteiger partial charge in [-0.25, -0.2) is 9.55 Å². The van der Waals surface area contributed by atoms with Crippen molar-refractivity contribution in [3.63, 3.8) is 0 Å². The van der Waals surface area contributed by atoms with Crippen molar-refractivity contribution in [2.75, 3.05) is 26.4 Å². The number of primary amides is 1. The van der Waals surface area contributed by atoms with Crippen LogP contribution in [-0.2, 0) is 60.0 Å². The van der Waals surface area contributed by atoms with Crippen LogP contribution >= 0.6 is 7.82 Å². The van der Waals surface area contributed by atoms with Gasteiger partial charge in [0.2, 0.25) is 35.4 Å². The molecule has 2 aromatic rings. The van der Waals surface area contributed by atoms with E-state index in [0.29, 0.717) is 31.5 Å². The van der Waals surface area contributed by atoms with Crippen molar-refractivity contribution in [2.45, 2.75) is 173 Å². The average molecular weight is 977 g/mol. The third kappa shape index (κ3) is 21.3. The number of hydrogen-bond donors (Lipinski definition) is 8. The molecule has 7 atom stereocenters. The van der Waals surface area contributed by atoms with Crippen molar-refractivity contribution in [1.29, 1.82) is 0 Å². The number of imidazole rings is 1. The quantitative estimate of drug-likeness (QED) is 0.0376. The van der Waals surface area contributed by atoms with Gasteiger partial charge in [0.1, 0.15) is 24.2 Å². The molecule has 6 amide bonds. The number of unbranched alkanes of at least 4 members (excludes halogenated alkanes) is 3. The summed E-state index contributed by atoms with van der Waals surface area (Å²) in [6.07, 6.45) is 8.41. The van der Waals surface area contributed by atoms with Gasteiger partial charge in [-0.05, 0) is 90.0 Å². The minimum Gasteiger partial charge on any atom is -0.394 e. The Hall–Kier alpha value is -4.72. The van der Waals surface area contributed by atoms with Crippen LogP contribution in [0.15, 0.2) is 42.9 Å². The SMILES string of the molecule is CCCC(C)(C)OCCC(=O)N1CCCC1C(=O)NC(CC(C)C)C(=O)NC(CCc1cnc[nH]1)C(=O)NC(CO)C(=O)NC(CC(N)=O)C(C)OP(=O)(O)OCCCCCCc1ccccc1. The number of ether oxygens (including phenoxy) is 1. The zero-order valence-electron chi connectivity index (χ0n) is 40.7. The molecule has 2 heterocycles. The molecular formula is C47H77N8O12P. The van der Waals surface area contributed by atoms with Crippen LogP contribution in [0.3, 0.4) is 0 Å². The highest BCUT2D eigenvalue weighted by Gasteiger charge is 2.38. The van der Waals surface area contributed by atoms with Gasteiger partial charge in [-0.2, -0.15) is 0 Å². The van der Waals surface area contributed by atoms with Crippen LogP contribution < -0.4 is 27.0 Å². The number of benzene rings is 1. The Balaban J connectivity index is 1.65. The number of phosphoric ester groups is 1. The van der Waals surface area contributed by atoms with E-state index in [4.69, 9.17) is 19.5 Å². The Bertz CT molecular complexity index is 1920. The van der Waals surface area contributed by atoms with Gasteiger partial charge in [-0.15, -0.1) is 0 Å². The minimum absolute atomic E-state index is 0.00142. The second kappa shape index (κ2) is 29.3. The predicted octanol–water partition coefficient (Wildman–Crippen LogP) is 3.50. The predicted molar refractivity (Wildman–Crippen MR) is 254 cm³/mol. The van der Waals surface area contributed by atoms with E-state index in [1.807, 2.05) is 45.9 Å². The summed E-state index contributed by atoms with van der Waals surface area (Å²) in [6, 6.07) is 3.91. The normalized spacial score (nSPS) is 17.1. The number of aromatic amines is 1. The van der Waals surface area contributed by atoms with E-state index in [9.17, 15) is 43.3 Å². The van der Waals surface area contributed by atoms with Gasteiger partial charge in [0.15, 0.2) is 0 Å². The Morgan fingerprint density at radius 2 is 1.60 bits per heavy atom. The molecule has 0 aliphatic carbocycles. The molecule has 21 heteroatoms. The highest BCUT2D eigenvalue weighted by Crippen LogP contribution is 2.45. The molecule has 382 valence electrons. The van der Waals surface area contributed by atoms with E-state index in [1.54, 1.807) is 6.20 Å². The number of rotatable bonds is 33. The van der Waals surface area contributed by atoms with Crippen LogP contribution in [0.2, 0.25) is 0 Å². The molecule has 0 saturated carbocycles. The molecule has 0 radical (unpaired) electrons. The number of nitrogens with one attached hydrogen (secondary N) is 5. The molecule has 1 aromatic carbocycles. The number of aliphatic hydroxyl groups is 1. The number of amides is 6. The first-order valence-corrected chi connectivity index (χ1v) is 25.4. The Labute approximate surface area is 401 Å². The summed E-state index contributed by atoms with van der Waals surface area (Å²) >= 11 is 0. The molecule has 0 bridgehead atoms. The lowest BCUT2D eigenvalue weighted by Crippen LogP contribution is -2.59. The van der Waals surface area contributed by atoms with Gasteiger partial charge in [-0.1, -0.05) is 70.4 Å². The van der Waals surface area contributed by atoms with Crippen LogP contribution in [0.1, 0.15) is 130 Å². The fourth-order valence-electron chi connectivity index (χ4n) is 8.03. The number of hydrogen-bond acceptors (Lipinski definition) is 12.